The van der Waals surface area contributed by atoms with Crippen molar-refractivity contribution in [3.63, 3.8) is 0 Å². The van der Waals surface area contributed by atoms with Crippen LogP contribution in [-0.4, -0.2) is 22.9 Å². The Bertz CT molecular complexity index is 391. The SMILES string of the molecule is CCCCCCCCc1nc(C(N)COC2CCC2)no1. The highest BCUT2D eigenvalue weighted by atomic mass is 16.5. The van der Waals surface area contributed by atoms with Crippen LogP contribution in [0.1, 0.15) is 82.5 Å². The first-order chi connectivity index (χ1) is 10.3. The lowest BCUT2D eigenvalue weighted by atomic mass is 9.96. The van der Waals surface area contributed by atoms with E-state index in [1.54, 1.807) is 0 Å². The van der Waals surface area contributed by atoms with Crippen LogP contribution < -0.4 is 5.73 Å². The number of aryl methyl sites for hydroxylation is 1. The second-order valence-corrected chi connectivity index (χ2v) is 6.06. The summed E-state index contributed by atoms with van der Waals surface area (Å²) < 4.78 is 11.0. The number of aromatic nitrogens is 2. The van der Waals surface area contributed by atoms with Crippen molar-refractivity contribution in [2.24, 2.45) is 5.73 Å². The van der Waals surface area contributed by atoms with E-state index in [1.807, 2.05) is 0 Å². The van der Waals surface area contributed by atoms with Crippen molar-refractivity contribution in [3.8, 4) is 0 Å². The number of nitrogens with zero attached hydrogens (tertiary/aromatic N) is 2. The van der Waals surface area contributed by atoms with Crippen LogP contribution in [-0.2, 0) is 11.2 Å². The molecule has 0 radical (unpaired) electrons. The quantitative estimate of drug-likeness (QED) is 0.632. The Hall–Kier alpha value is -0.940. The first-order valence-corrected chi connectivity index (χ1v) is 8.49. The molecule has 1 aliphatic rings. The van der Waals surface area contributed by atoms with E-state index in [0.717, 1.165) is 25.7 Å². The van der Waals surface area contributed by atoms with Crippen LogP contribution in [0.5, 0.6) is 0 Å². The number of ether oxygens (including phenoxy) is 1. The van der Waals surface area contributed by atoms with E-state index in [2.05, 4.69) is 17.1 Å². The summed E-state index contributed by atoms with van der Waals surface area (Å²) in [6, 6.07) is -0.271. The molecule has 0 bridgehead atoms. The maximum atomic E-state index is 6.04. The molecule has 0 spiro atoms. The minimum absolute atomic E-state index is 0.271. The van der Waals surface area contributed by atoms with Crippen LogP contribution in [0.3, 0.4) is 0 Å². The van der Waals surface area contributed by atoms with Gasteiger partial charge in [0.25, 0.3) is 0 Å². The lowest BCUT2D eigenvalue weighted by Gasteiger charge is -2.26. The van der Waals surface area contributed by atoms with Crippen molar-refractivity contribution in [1.29, 1.82) is 0 Å². The molecular weight excluding hydrogens is 266 g/mol. The molecule has 0 amide bonds. The summed E-state index contributed by atoms with van der Waals surface area (Å²) in [6.07, 6.45) is 12.4. The van der Waals surface area contributed by atoms with Crippen molar-refractivity contribution in [1.82, 2.24) is 10.1 Å². The standard InChI is InChI=1S/C16H29N3O2/c1-2-3-4-5-6-7-11-15-18-16(19-21-15)14(17)12-20-13-9-8-10-13/h13-14H,2-12,17H2,1H3. The fourth-order valence-electron chi connectivity index (χ4n) is 2.43. The number of hydrogen-bond acceptors (Lipinski definition) is 5. The van der Waals surface area contributed by atoms with E-state index in [4.69, 9.17) is 15.0 Å². The molecular formula is C16H29N3O2. The highest BCUT2D eigenvalue weighted by Gasteiger charge is 2.21. The van der Waals surface area contributed by atoms with Crippen molar-refractivity contribution in [3.05, 3.63) is 11.7 Å². The zero-order chi connectivity index (χ0) is 14.9. The van der Waals surface area contributed by atoms with Crippen LogP contribution in [0.25, 0.3) is 0 Å². The fourth-order valence-corrected chi connectivity index (χ4v) is 2.43. The zero-order valence-electron chi connectivity index (χ0n) is 13.2. The highest BCUT2D eigenvalue weighted by molar-refractivity contribution is 4.93. The average molecular weight is 295 g/mol. The Morgan fingerprint density at radius 1 is 1.24 bits per heavy atom. The van der Waals surface area contributed by atoms with Crippen molar-refractivity contribution < 1.29 is 9.26 Å². The molecule has 1 heterocycles. The fraction of sp³-hybridized carbons (Fsp3) is 0.875. The first kappa shape index (κ1) is 16.4. The van der Waals surface area contributed by atoms with Gasteiger partial charge in [0.05, 0.1) is 18.8 Å². The van der Waals surface area contributed by atoms with Gasteiger partial charge in [-0.15, -0.1) is 0 Å². The van der Waals surface area contributed by atoms with Gasteiger partial charge in [-0.2, -0.15) is 4.98 Å². The van der Waals surface area contributed by atoms with Gasteiger partial charge >= 0.3 is 0 Å². The molecule has 1 aromatic rings. The molecule has 21 heavy (non-hydrogen) atoms. The van der Waals surface area contributed by atoms with Gasteiger partial charge in [0.1, 0.15) is 0 Å². The second-order valence-electron chi connectivity index (χ2n) is 6.06. The maximum Gasteiger partial charge on any atom is 0.226 e. The van der Waals surface area contributed by atoms with Crippen LogP contribution in [0, 0.1) is 0 Å². The summed E-state index contributed by atoms with van der Waals surface area (Å²) in [7, 11) is 0. The van der Waals surface area contributed by atoms with Gasteiger partial charge in [-0.1, -0.05) is 44.2 Å². The molecule has 2 rings (SSSR count). The summed E-state index contributed by atoms with van der Waals surface area (Å²) in [4.78, 5) is 4.38. The molecule has 2 N–H and O–H groups in total. The predicted molar refractivity (Wildman–Crippen MR) is 81.9 cm³/mol. The number of nitrogens with two attached hydrogens (primary N) is 1. The van der Waals surface area contributed by atoms with Gasteiger partial charge in [0.15, 0.2) is 5.82 Å². The van der Waals surface area contributed by atoms with Crippen molar-refractivity contribution >= 4 is 0 Å². The van der Waals surface area contributed by atoms with Gasteiger partial charge < -0.3 is 15.0 Å². The predicted octanol–water partition coefficient (Wildman–Crippen LogP) is 3.54. The Labute approximate surface area is 127 Å². The zero-order valence-corrected chi connectivity index (χ0v) is 13.2. The number of hydrogen-bond donors (Lipinski definition) is 1. The number of unbranched alkanes of at least 4 members (excludes halogenated alkanes) is 5. The summed E-state index contributed by atoms with van der Waals surface area (Å²) in [6.45, 7) is 2.72. The molecule has 5 heteroatoms. The smallest absolute Gasteiger partial charge is 0.226 e. The van der Waals surface area contributed by atoms with Gasteiger partial charge in [-0.25, -0.2) is 0 Å². The topological polar surface area (TPSA) is 74.2 Å². The van der Waals surface area contributed by atoms with Crippen molar-refractivity contribution in [2.75, 3.05) is 6.61 Å². The molecule has 0 aliphatic heterocycles. The third kappa shape index (κ3) is 5.75. The second kappa shape index (κ2) is 9.15. The molecule has 1 saturated carbocycles. The summed E-state index contributed by atoms with van der Waals surface area (Å²) in [5, 5.41) is 3.98. The first-order valence-electron chi connectivity index (χ1n) is 8.49. The van der Waals surface area contributed by atoms with Gasteiger partial charge in [-0.05, 0) is 25.7 Å². The van der Waals surface area contributed by atoms with E-state index in [0.29, 0.717) is 24.4 Å². The molecule has 1 fully saturated rings. The summed E-state index contributed by atoms with van der Waals surface area (Å²) >= 11 is 0. The van der Waals surface area contributed by atoms with E-state index < -0.39 is 0 Å². The van der Waals surface area contributed by atoms with Crippen LogP contribution in [0.2, 0.25) is 0 Å². The minimum atomic E-state index is -0.271. The van der Waals surface area contributed by atoms with Crippen molar-refractivity contribution in [2.45, 2.75) is 83.3 Å². The average Bonchev–Trinajstić information content (AvgIpc) is 2.90. The number of rotatable bonds is 11. The summed E-state index contributed by atoms with van der Waals surface area (Å²) in [5.74, 6) is 1.29. The third-order valence-corrected chi connectivity index (χ3v) is 4.12. The van der Waals surface area contributed by atoms with Crippen LogP contribution >= 0.6 is 0 Å². The molecule has 0 saturated heterocycles. The lowest BCUT2D eigenvalue weighted by Crippen LogP contribution is -2.27. The van der Waals surface area contributed by atoms with E-state index in [1.165, 1.54) is 38.5 Å². The third-order valence-electron chi connectivity index (χ3n) is 4.12. The van der Waals surface area contributed by atoms with Gasteiger partial charge in [0, 0.05) is 6.42 Å². The Kier molecular flexibility index (Phi) is 7.16. The van der Waals surface area contributed by atoms with E-state index in [-0.39, 0.29) is 6.04 Å². The van der Waals surface area contributed by atoms with E-state index >= 15 is 0 Å². The molecule has 1 atom stereocenters. The molecule has 1 unspecified atom stereocenters. The largest absolute Gasteiger partial charge is 0.376 e. The van der Waals surface area contributed by atoms with Crippen LogP contribution in [0.15, 0.2) is 4.52 Å². The Balaban J connectivity index is 1.60. The highest BCUT2D eigenvalue weighted by Crippen LogP contribution is 2.23. The lowest BCUT2D eigenvalue weighted by molar-refractivity contribution is -0.00549. The molecule has 1 aromatic heterocycles. The maximum absolute atomic E-state index is 6.04. The summed E-state index contributed by atoms with van der Waals surface area (Å²) in [5.41, 5.74) is 6.04. The minimum Gasteiger partial charge on any atom is -0.376 e. The molecule has 1 aliphatic carbocycles. The van der Waals surface area contributed by atoms with E-state index in [9.17, 15) is 0 Å². The molecule has 0 aromatic carbocycles. The van der Waals surface area contributed by atoms with Crippen LogP contribution in [0.4, 0.5) is 0 Å². The normalized spacial score (nSPS) is 16.9. The molecule has 5 nitrogen and oxygen atoms in total. The van der Waals surface area contributed by atoms with Gasteiger partial charge in [-0.3, -0.25) is 0 Å². The Morgan fingerprint density at radius 3 is 2.71 bits per heavy atom. The van der Waals surface area contributed by atoms with Gasteiger partial charge in [0.2, 0.25) is 5.89 Å². The Morgan fingerprint density at radius 2 is 2.00 bits per heavy atom. The monoisotopic (exact) mass is 295 g/mol. The molecule has 120 valence electrons.